The zero-order valence-electron chi connectivity index (χ0n) is 11.4. The fraction of sp³-hybridized carbons (Fsp3) is 0.600. The molecule has 1 aliphatic rings. The van der Waals surface area contributed by atoms with Gasteiger partial charge >= 0.3 is 0 Å². The van der Waals surface area contributed by atoms with E-state index in [2.05, 4.69) is 43.0 Å². The molecule has 1 aliphatic heterocycles. The number of hydrogen-bond acceptors (Lipinski definition) is 3. The Morgan fingerprint density at radius 1 is 1.28 bits per heavy atom. The van der Waals surface area contributed by atoms with Gasteiger partial charge in [0.2, 0.25) is 0 Å². The SMILES string of the molecule is CC(C)c1ccc(N2CCCCC2CON)cc1. The standard InChI is InChI=1S/C15H24N2O/c1-12(2)13-6-8-14(9-7-13)17-10-4-3-5-15(17)11-18-16/h6-9,12,15H,3-5,10-11,16H2,1-2H3. The Morgan fingerprint density at radius 3 is 2.61 bits per heavy atom. The quantitative estimate of drug-likeness (QED) is 0.832. The molecule has 2 N–H and O–H groups in total. The van der Waals surface area contributed by atoms with Crippen LogP contribution in [0.15, 0.2) is 24.3 Å². The Labute approximate surface area is 110 Å². The third-order valence-electron chi connectivity index (χ3n) is 3.81. The second-order valence-electron chi connectivity index (χ2n) is 5.42. The van der Waals surface area contributed by atoms with Gasteiger partial charge in [0.15, 0.2) is 0 Å². The number of rotatable bonds is 4. The van der Waals surface area contributed by atoms with Crippen LogP contribution in [0, 0.1) is 0 Å². The zero-order chi connectivity index (χ0) is 13.0. The summed E-state index contributed by atoms with van der Waals surface area (Å²) in [7, 11) is 0. The number of hydrogen-bond donors (Lipinski definition) is 1. The average Bonchev–Trinajstić information content (AvgIpc) is 2.40. The van der Waals surface area contributed by atoms with Crippen molar-refractivity contribution in [1.82, 2.24) is 0 Å². The van der Waals surface area contributed by atoms with E-state index < -0.39 is 0 Å². The largest absolute Gasteiger partial charge is 0.366 e. The molecule has 1 aromatic carbocycles. The zero-order valence-corrected chi connectivity index (χ0v) is 11.4. The summed E-state index contributed by atoms with van der Waals surface area (Å²) in [5, 5.41) is 0. The van der Waals surface area contributed by atoms with Gasteiger partial charge in [-0.05, 0) is 42.9 Å². The molecule has 18 heavy (non-hydrogen) atoms. The number of benzene rings is 1. The van der Waals surface area contributed by atoms with E-state index >= 15 is 0 Å². The van der Waals surface area contributed by atoms with Crippen molar-refractivity contribution in [2.75, 3.05) is 18.1 Å². The third kappa shape index (κ3) is 3.03. The predicted molar refractivity (Wildman–Crippen MR) is 75.7 cm³/mol. The molecule has 0 aliphatic carbocycles. The Hall–Kier alpha value is -1.06. The highest BCUT2D eigenvalue weighted by Gasteiger charge is 2.22. The van der Waals surface area contributed by atoms with Crippen LogP contribution in [0.3, 0.4) is 0 Å². The molecule has 0 saturated carbocycles. The highest BCUT2D eigenvalue weighted by atomic mass is 16.6. The molecule has 0 aromatic heterocycles. The van der Waals surface area contributed by atoms with E-state index in [1.807, 2.05) is 0 Å². The van der Waals surface area contributed by atoms with Crippen LogP contribution >= 0.6 is 0 Å². The highest BCUT2D eigenvalue weighted by Crippen LogP contribution is 2.26. The monoisotopic (exact) mass is 248 g/mol. The maximum Gasteiger partial charge on any atom is 0.0882 e. The molecule has 1 aromatic rings. The van der Waals surface area contributed by atoms with Crippen LogP contribution in [0.4, 0.5) is 5.69 Å². The maximum absolute atomic E-state index is 5.24. The molecule has 100 valence electrons. The maximum atomic E-state index is 5.24. The number of anilines is 1. The normalized spacial score (nSPS) is 20.4. The van der Waals surface area contributed by atoms with Crippen LogP contribution in [0.1, 0.15) is 44.6 Å². The molecule has 2 rings (SSSR count). The van der Waals surface area contributed by atoms with Gasteiger partial charge in [-0.3, -0.25) is 0 Å². The average molecular weight is 248 g/mol. The predicted octanol–water partition coefficient (Wildman–Crippen LogP) is 3.06. The van der Waals surface area contributed by atoms with Crippen molar-refractivity contribution in [1.29, 1.82) is 0 Å². The van der Waals surface area contributed by atoms with Crippen LogP contribution < -0.4 is 10.8 Å². The van der Waals surface area contributed by atoms with Crippen LogP contribution in [0.2, 0.25) is 0 Å². The van der Waals surface area contributed by atoms with Gasteiger partial charge in [-0.15, -0.1) is 0 Å². The van der Waals surface area contributed by atoms with Gasteiger partial charge < -0.3 is 9.74 Å². The summed E-state index contributed by atoms with van der Waals surface area (Å²) in [6.45, 7) is 6.17. The van der Waals surface area contributed by atoms with E-state index in [0.717, 1.165) is 6.54 Å². The topological polar surface area (TPSA) is 38.5 Å². The van der Waals surface area contributed by atoms with Gasteiger partial charge in [-0.2, -0.15) is 0 Å². The molecule has 1 unspecified atom stereocenters. The molecule has 1 heterocycles. The summed E-state index contributed by atoms with van der Waals surface area (Å²) in [5.41, 5.74) is 2.68. The summed E-state index contributed by atoms with van der Waals surface area (Å²) in [4.78, 5) is 7.28. The third-order valence-corrected chi connectivity index (χ3v) is 3.81. The van der Waals surface area contributed by atoms with Crippen LogP contribution in [-0.2, 0) is 4.84 Å². The van der Waals surface area contributed by atoms with Crippen molar-refractivity contribution in [3.63, 3.8) is 0 Å². The molecular weight excluding hydrogens is 224 g/mol. The molecule has 0 radical (unpaired) electrons. The van der Waals surface area contributed by atoms with Gasteiger partial charge in [-0.25, -0.2) is 5.90 Å². The van der Waals surface area contributed by atoms with Gasteiger partial charge in [0.25, 0.3) is 0 Å². The fourth-order valence-corrected chi connectivity index (χ4v) is 2.68. The van der Waals surface area contributed by atoms with Crippen molar-refractivity contribution < 1.29 is 4.84 Å². The van der Waals surface area contributed by atoms with E-state index in [4.69, 9.17) is 10.7 Å². The first-order chi connectivity index (χ1) is 8.72. The minimum Gasteiger partial charge on any atom is -0.366 e. The molecule has 0 spiro atoms. The molecule has 0 bridgehead atoms. The lowest BCUT2D eigenvalue weighted by atomic mass is 9.99. The Kier molecular flexibility index (Phi) is 4.61. The van der Waals surface area contributed by atoms with Crippen molar-refractivity contribution in [2.24, 2.45) is 5.90 Å². The summed E-state index contributed by atoms with van der Waals surface area (Å²) in [6.07, 6.45) is 3.70. The lowest BCUT2D eigenvalue weighted by Gasteiger charge is -2.37. The summed E-state index contributed by atoms with van der Waals surface area (Å²) in [6, 6.07) is 9.34. The van der Waals surface area contributed by atoms with Crippen molar-refractivity contribution in [3.05, 3.63) is 29.8 Å². The summed E-state index contributed by atoms with van der Waals surface area (Å²) < 4.78 is 0. The van der Waals surface area contributed by atoms with Crippen molar-refractivity contribution in [3.8, 4) is 0 Å². The van der Waals surface area contributed by atoms with E-state index in [1.54, 1.807) is 0 Å². The first-order valence-electron chi connectivity index (χ1n) is 6.90. The Bertz CT molecular complexity index is 359. The second-order valence-corrected chi connectivity index (χ2v) is 5.42. The fourth-order valence-electron chi connectivity index (χ4n) is 2.68. The Morgan fingerprint density at radius 2 is 2.00 bits per heavy atom. The van der Waals surface area contributed by atoms with Crippen LogP contribution in [0.25, 0.3) is 0 Å². The lowest BCUT2D eigenvalue weighted by molar-refractivity contribution is 0.114. The number of nitrogens with zero attached hydrogens (tertiary/aromatic N) is 1. The molecule has 3 nitrogen and oxygen atoms in total. The summed E-state index contributed by atoms with van der Waals surface area (Å²) in [5.74, 6) is 5.82. The van der Waals surface area contributed by atoms with Gasteiger partial charge in [0.05, 0.1) is 12.6 Å². The Balaban J connectivity index is 2.12. The minimum atomic E-state index is 0.425. The van der Waals surface area contributed by atoms with E-state index in [-0.39, 0.29) is 0 Å². The van der Waals surface area contributed by atoms with E-state index in [1.165, 1.54) is 30.5 Å². The minimum absolute atomic E-state index is 0.425. The van der Waals surface area contributed by atoms with Crippen molar-refractivity contribution >= 4 is 5.69 Å². The number of piperidine rings is 1. The number of nitrogens with two attached hydrogens (primary N) is 1. The van der Waals surface area contributed by atoms with E-state index in [0.29, 0.717) is 18.6 Å². The lowest BCUT2D eigenvalue weighted by Crippen LogP contribution is -2.43. The molecular formula is C15H24N2O. The first-order valence-corrected chi connectivity index (χ1v) is 6.90. The molecule has 3 heteroatoms. The first kappa shape index (κ1) is 13.4. The molecule has 0 amide bonds. The smallest absolute Gasteiger partial charge is 0.0882 e. The van der Waals surface area contributed by atoms with Gasteiger partial charge in [0, 0.05) is 12.2 Å². The van der Waals surface area contributed by atoms with E-state index in [9.17, 15) is 0 Å². The van der Waals surface area contributed by atoms with Crippen LogP contribution in [-0.4, -0.2) is 19.2 Å². The van der Waals surface area contributed by atoms with Gasteiger partial charge in [0.1, 0.15) is 0 Å². The molecule has 1 atom stereocenters. The highest BCUT2D eigenvalue weighted by molar-refractivity contribution is 5.49. The summed E-state index contributed by atoms with van der Waals surface area (Å²) >= 11 is 0. The molecule has 1 saturated heterocycles. The van der Waals surface area contributed by atoms with Gasteiger partial charge in [-0.1, -0.05) is 26.0 Å². The van der Waals surface area contributed by atoms with Crippen molar-refractivity contribution in [2.45, 2.75) is 45.1 Å². The van der Waals surface area contributed by atoms with Crippen LogP contribution in [0.5, 0.6) is 0 Å². The second kappa shape index (κ2) is 6.21. The molecule has 1 fully saturated rings.